The third-order valence-electron chi connectivity index (χ3n) is 2.43. The minimum Gasteiger partial charge on any atom is -0.397 e. The second kappa shape index (κ2) is 7.86. The molecular formula is C13H18Cl2N2O2S. The number of nitrogens with two attached hydrogens (primary N) is 1. The number of carbonyl (C=O) groups is 1. The quantitative estimate of drug-likeness (QED) is 0.782. The number of anilines is 2. The number of nitrogens with one attached hydrogen (secondary N) is 1. The Labute approximate surface area is 131 Å². The van der Waals surface area contributed by atoms with Crippen LogP contribution in [0.5, 0.6) is 0 Å². The van der Waals surface area contributed by atoms with E-state index in [1.807, 2.05) is 13.8 Å². The number of benzene rings is 1. The van der Waals surface area contributed by atoms with Crippen LogP contribution in [0.25, 0.3) is 0 Å². The molecule has 0 aliphatic rings. The minimum absolute atomic E-state index is 0.164. The van der Waals surface area contributed by atoms with Gasteiger partial charge in [0.25, 0.3) is 0 Å². The summed E-state index contributed by atoms with van der Waals surface area (Å²) in [5, 5.41) is 3.32. The predicted molar refractivity (Wildman–Crippen MR) is 86.8 cm³/mol. The fourth-order valence-electron chi connectivity index (χ4n) is 1.59. The molecule has 0 aromatic heterocycles. The molecule has 3 N–H and O–H groups in total. The molecule has 1 rings (SSSR count). The third-order valence-corrected chi connectivity index (χ3v) is 4.64. The van der Waals surface area contributed by atoms with Crippen LogP contribution in [0.4, 0.5) is 11.4 Å². The molecule has 0 bridgehead atoms. The van der Waals surface area contributed by atoms with Gasteiger partial charge in [-0.05, 0) is 18.1 Å². The summed E-state index contributed by atoms with van der Waals surface area (Å²) in [4.78, 5) is 11.8. The summed E-state index contributed by atoms with van der Waals surface area (Å²) < 4.78 is 11.7. The van der Waals surface area contributed by atoms with Crippen molar-refractivity contribution in [3.05, 3.63) is 22.2 Å². The average Bonchev–Trinajstić information content (AvgIpc) is 2.30. The van der Waals surface area contributed by atoms with Gasteiger partial charge in [-0.15, -0.1) is 0 Å². The Morgan fingerprint density at radius 2 is 2.05 bits per heavy atom. The van der Waals surface area contributed by atoms with Crippen LogP contribution in [-0.4, -0.2) is 21.6 Å². The molecule has 0 saturated heterocycles. The number of carbonyl (C=O) groups excluding carboxylic acids is 1. The summed E-state index contributed by atoms with van der Waals surface area (Å²) in [5.74, 6) is 1.00. The molecule has 0 heterocycles. The molecule has 0 radical (unpaired) electrons. The van der Waals surface area contributed by atoms with Crippen molar-refractivity contribution in [2.75, 3.05) is 22.6 Å². The summed E-state index contributed by atoms with van der Waals surface area (Å²) in [6.07, 6.45) is 0.164. The van der Waals surface area contributed by atoms with Crippen LogP contribution < -0.4 is 11.1 Å². The maximum atomic E-state index is 11.8. The zero-order valence-corrected chi connectivity index (χ0v) is 13.7. The highest BCUT2D eigenvalue weighted by Gasteiger charge is 2.12. The molecule has 4 nitrogen and oxygen atoms in total. The number of nitrogen functional groups attached to an aromatic ring is 1. The lowest BCUT2D eigenvalue weighted by molar-refractivity contribution is -0.115. The predicted octanol–water partition coefficient (Wildman–Crippen LogP) is 3.31. The number of hydrogen-bond donors (Lipinski definition) is 2. The highest BCUT2D eigenvalue weighted by atomic mass is 35.5. The molecule has 1 amide bonds. The fraction of sp³-hybridized carbons (Fsp3) is 0.462. The molecule has 1 atom stereocenters. The van der Waals surface area contributed by atoms with Gasteiger partial charge in [0.1, 0.15) is 0 Å². The molecule has 1 aromatic rings. The molecule has 20 heavy (non-hydrogen) atoms. The van der Waals surface area contributed by atoms with E-state index in [2.05, 4.69) is 5.32 Å². The van der Waals surface area contributed by atoms with E-state index in [1.165, 1.54) is 12.1 Å². The van der Waals surface area contributed by atoms with E-state index < -0.39 is 10.8 Å². The Morgan fingerprint density at radius 1 is 1.40 bits per heavy atom. The zero-order valence-electron chi connectivity index (χ0n) is 11.4. The van der Waals surface area contributed by atoms with Crippen LogP contribution in [0, 0.1) is 5.92 Å². The molecule has 1 unspecified atom stereocenters. The first kappa shape index (κ1) is 17.3. The highest BCUT2D eigenvalue weighted by Crippen LogP contribution is 2.32. The fourth-order valence-corrected chi connectivity index (χ4v) is 3.47. The molecule has 0 saturated carbocycles. The van der Waals surface area contributed by atoms with E-state index in [0.29, 0.717) is 33.8 Å². The molecule has 7 heteroatoms. The summed E-state index contributed by atoms with van der Waals surface area (Å²) >= 11 is 11.8. The van der Waals surface area contributed by atoms with Gasteiger partial charge in [-0.2, -0.15) is 0 Å². The van der Waals surface area contributed by atoms with E-state index in [1.54, 1.807) is 0 Å². The van der Waals surface area contributed by atoms with Crippen molar-refractivity contribution in [1.29, 1.82) is 0 Å². The second-order valence-corrected chi connectivity index (χ2v) is 7.32. The first-order valence-electron chi connectivity index (χ1n) is 6.19. The van der Waals surface area contributed by atoms with Crippen molar-refractivity contribution in [2.45, 2.75) is 20.3 Å². The second-order valence-electron chi connectivity index (χ2n) is 4.85. The number of hydrogen-bond acceptors (Lipinski definition) is 3. The molecule has 0 aliphatic carbocycles. The molecular weight excluding hydrogens is 319 g/mol. The standard InChI is InChI=1S/C13H18Cl2N2O2S/c1-8(2)7-20(19)4-3-12(18)17-13-10(15)5-9(14)6-11(13)16/h5-6,8H,3-4,7,16H2,1-2H3,(H,17,18). The first-order valence-corrected chi connectivity index (χ1v) is 8.43. The van der Waals surface area contributed by atoms with Gasteiger partial charge in [-0.3, -0.25) is 9.00 Å². The van der Waals surface area contributed by atoms with Gasteiger partial charge >= 0.3 is 0 Å². The van der Waals surface area contributed by atoms with Gasteiger partial charge in [-0.1, -0.05) is 37.0 Å². The Bertz CT molecular complexity index is 498. The van der Waals surface area contributed by atoms with Gasteiger partial charge in [0.15, 0.2) is 0 Å². The van der Waals surface area contributed by atoms with Crippen LogP contribution >= 0.6 is 23.2 Å². The monoisotopic (exact) mass is 336 g/mol. The third kappa shape index (κ3) is 5.69. The number of rotatable bonds is 6. The Hall–Kier alpha value is -0.780. The van der Waals surface area contributed by atoms with Crippen LogP contribution in [0.2, 0.25) is 10.0 Å². The van der Waals surface area contributed by atoms with Crippen molar-refractivity contribution in [1.82, 2.24) is 0 Å². The van der Waals surface area contributed by atoms with Gasteiger partial charge < -0.3 is 11.1 Å². The van der Waals surface area contributed by atoms with Crippen molar-refractivity contribution in [3.63, 3.8) is 0 Å². The Morgan fingerprint density at radius 3 is 2.60 bits per heavy atom. The number of halogens is 2. The van der Waals surface area contributed by atoms with E-state index >= 15 is 0 Å². The topological polar surface area (TPSA) is 72.2 Å². The maximum absolute atomic E-state index is 11.8. The summed E-state index contributed by atoms with van der Waals surface area (Å²) in [6, 6.07) is 3.02. The van der Waals surface area contributed by atoms with Gasteiger partial charge in [-0.25, -0.2) is 0 Å². The Kier molecular flexibility index (Phi) is 6.79. The van der Waals surface area contributed by atoms with Gasteiger partial charge in [0.2, 0.25) is 5.91 Å². The molecule has 0 spiro atoms. The van der Waals surface area contributed by atoms with Crippen LogP contribution in [0.1, 0.15) is 20.3 Å². The SMILES string of the molecule is CC(C)CS(=O)CCC(=O)Nc1c(N)cc(Cl)cc1Cl. The van der Waals surface area contributed by atoms with Crippen LogP contribution in [0.3, 0.4) is 0 Å². The zero-order chi connectivity index (χ0) is 15.3. The van der Waals surface area contributed by atoms with E-state index in [4.69, 9.17) is 28.9 Å². The lowest BCUT2D eigenvalue weighted by Gasteiger charge is -2.11. The van der Waals surface area contributed by atoms with Crippen LogP contribution in [-0.2, 0) is 15.6 Å². The van der Waals surface area contributed by atoms with Gasteiger partial charge in [0.05, 0.1) is 16.4 Å². The highest BCUT2D eigenvalue weighted by molar-refractivity contribution is 7.85. The van der Waals surface area contributed by atoms with E-state index in [-0.39, 0.29) is 17.4 Å². The normalized spacial score (nSPS) is 12.4. The summed E-state index contributed by atoms with van der Waals surface area (Å²) in [7, 11) is -0.989. The van der Waals surface area contributed by atoms with Crippen molar-refractivity contribution in [2.24, 2.45) is 5.92 Å². The summed E-state index contributed by atoms with van der Waals surface area (Å²) in [5.41, 5.74) is 6.40. The minimum atomic E-state index is -0.989. The van der Waals surface area contributed by atoms with E-state index in [0.717, 1.165) is 0 Å². The van der Waals surface area contributed by atoms with Crippen molar-refractivity contribution < 1.29 is 9.00 Å². The van der Waals surface area contributed by atoms with Crippen molar-refractivity contribution in [3.8, 4) is 0 Å². The molecule has 112 valence electrons. The average molecular weight is 337 g/mol. The number of amides is 1. The van der Waals surface area contributed by atoms with Crippen LogP contribution in [0.15, 0.2) is 12.1 Å². The lowest BCUT2D eigenvalue weighted by Crippen LogP contribution is -2.18. The largest absolute Gasteiger partial charge is 0.397 e. The van der Waals surface area contributed by atoms with Gasteiger partial charge in [0, 0.05) is 33.7 Å². The van der Waals surface area contributed by atoms with Crippen molar-refractivity contribution >= 4 is 51.3 Å². The smallest absolute Gasteiger partial charge is 0.225 e. The molecule has 0 fully saturated rings. The lowest BCUT2D eigenvalue weighted by atomic mass is 10.2. The Balaban J connectivity index is 2.57. The molecule has 1 aromatic carbocycles. The first-order chi connectivity index (χ1) is 9.29. The summed E-state index contributed by atoms with van der Waals surface area (Å²) in [6.45, 7) is 3.98. The maximum Gasteiger partial charge on any atom is 0.225 e. The molecule has 0 aliphatic heterocycles. The van der Waals surface area contributed by atoms with E-state index in [9.17, 15) is 9.00 Å².